The van der Waals surface area contributed by atoms with Crippen LogP contribution in [0.5, 0.6) is 0 Å². The zero-order valence-electron chi connectivity index (χ0n) is 12.4. The van der Waals surface area contributed by atoms with Gasteiger partial charge in [-0.25, -0.2) is 0 Å². The first-order valence-corrected chi connectivity index (χ1v) is 7.58. The monoisotopic (exact) mass is 300 g/mol. The quantitative estimate of drug-likeness (QED) is 0.875. The summed E-state index contributed by atoms with van der Waals surface area (Å²) in [7, 11) is 0. The van der Waals surface area contributed by atoms with E-state index in [2.05, 4.69) is 15.5 Å². The number of rotatable bonds is 5. The zero-order valence-corrected chi connectivity index (χ0v) is 12.4. The Balaban J connectivity index is 1.54. The van der Waals surface area contributed by atoms with Gasteiger partial charge < -0.3 is 15.6 Å². The smallest absolute Gasteiger partial charge is 0.246 e. The fourth-order valence-electron chi connectivity index (χ4n) is 2.78. The summed E-state index contributed by atoms with van der Waals surface area (Å²) in [6.45, 7) is 0.231. The van der Waals surface area contributed by atoms with Gasteiger partial charge in [0.1, 0.15) is 0 Å². The Morgan fingerprint density at radius 3 is 2.73 bits per heavy atom. The lowest BCUT2D eigenvalue weighted by atomic mass is 9.99. The number of hydrogen-bond donors (Lipinski definition) is 2. The van der Waals surface area contributed by atoms with Crippen LogP contribution in [0, 0.1) is 0 Å². The molecule has 3 N–H and O–H groups in total. The van der Waals surface area contributed by atoms with Gasteiger partial charge >= 0.3 is 0 Å². The molecule has 0 bridgehead atoms. The highest BCUT2D eigenvalue weighted by Crippen LogP contribution is 2.34. The minimum Gasteiger partial charge on any atom is -0.347 e. The van der Waals surface area contributed by atoms with E-state index >= 15 is 0 Å². The molecular weight excluding hydrogens is 280 g/mol. The van der Waals surface area contributed by atoms with Gasteiger partial charge in [0.2, 0.25) is 11.8 Å². The largest absolute Gasteiger partial charge is 0.347 e. The molecule has 2 aromatic rings. The summed E-state index contributed by atoms with van der Waals surface area (Å²) in [5, 5.41) is 6.76. The normalized spacial score (nSPS) is 16.6. The van der Waals surface area contributed by atoms with E-state index in [1.807, 2.05) is 30.3 Å². The molecule has 0 aliphatic heterocycles. The first-order valence-electron chi connectivity index (χ1n) is 7.58. The van der Waals surface area contributed by atoms with Crippen LogP contribution in [-0.2, 0) is 23.3 Å². The van der Waals surface area contributed by atoms with E-state index in [9.17, 15) is 4.79 Å². The van der Waals surface area contributed by atoms with E-state index in [-0.39, 0.29) is 12.5 Å². The molecule has 6 heteroatoms. The highest BCUT2D eigenvalue weighted by molar-refractivity contribution is 5.78. The maximum Gasteiger partial charge on any atom is 0.246 e. The molecule has 1 saturated carbocycles. The molecular formula is C16H20N4O2. The predicted molar refractivity (Wildman–Crippen MR) is 80.6 cm³/mol. The van der Waals surface area contributed by atoms with Crippen LogP contribution in [-0.4, -0.2) is 16.0 Å². The molecule has 0 radical (unpaired) electrons. The van der Waals surface area contributed by atoms with Gasteiger partial charge in [0.15, 0.2) is 5.82 Å². The summed E-state index contributed by atoms with van der Waals surface area (Å²) in [4.78, 5) is 16.2. The first-order chi connectivity index (χ1) is 10.7. The molecule has 116 valence electrons. The summed E-state index contributed by atoms with van der Waals surface area (Å²) in [5.74, 6) is 0.875. The van der Waals surface area contributed by atoms with Gasteiger partial charge in [-0.2, -0.15) is 4.98 Å². The van der Waals surface area contributed by atoms with Gasteiger partial charge in [0.25, 0.3) is 0 Å². The molecule has 1 fully saturated rings. The molecule has 3 rings (SSSR count). The van der Waals surface area contributed by atoms with Crippen LogP contribution in [0.4, 0.5) is 0 Å². The van der Waals surface area contributed by atoms with E-state index in [0.29, 0.717) is 18.1 Å². The van der Waals surface area contributed by atoms with Crippen molar-refractivity contribution >= 4 is 5.91 Å². The number of benzene rings is 1. The van der Waals surface area contributed by atoms with Crippen molar-refractivity contribution in [2.45, 2.75) is 44.2 Å². The molecule has 6 nitrogen and oxygen atoms in total. The SMILES string of the molecule is NC1(c2noc(CNC(=O)Cc3ccccc3)n2)CCCC1. The van der Waals surface area contributed by atoms with E-state index < -0.39 is 5.54 Å². The fourth-order valence-corrected chi connectivity index (χ4v) is 2.78. The molecule has 1 amide bonds. The Morgan fingerprint density at radius 1 is 1.27 bits per heavy atom. The number of aromatic nitrogens is 2. The highest BCUT2D eigenvalue weighted by Gasteiger charge is 2.35. The van der Waals surface area contributed by atoms with Crippen molar-refractivity contribution in [1.82, 2.24) is 15.5 Å². The third kappa shape index (κ3) is 3.33. The van der Waals surface area contributed by atoms with E-state index in [1.54, 1.807) is 0 Å². The molecule has 1 aliphatic carbocycles. The van der Waals surface area contributed by atoms with E-state index in [0.717, 1.165) is 31.2 Å². The molecule has 1 aromatic heterocycles. The Labute approximate surface area is 129 Å². The molecule has 1 aliphatic rings. The average Bonchev–Trinajstić information content (AvgIpc) is 3.16. The van der Waals surface area contributed by atoms with Gasteiger partial charge in [0, 0.05) is 0 Å². The standard InChI is InChI=1S/C16H20N4O2/c17-16(8-4-5-9-16)15-19-14(22-20-15)11-18-13(21)10-12-6-2-1-3-7-12/h1-3,6-7H,4-5,8-11,17H2,(H,18,21). The van der Waals surface area contributed by atoms with Gasteiger partial charge in [-0.05, 0) is 18.4 Å². The number of amides is 1. The van der Waals surface area contributed by atoms with E-state index in [4.69, 9.17) is 10.3 Å². The number of nitrogens with zero attached hydrogens (tertiary/aromatic N) is 2. The van der Waals surface area contributed by atoms with Gasteiger partial charge in [-0.1, -0.05) is 48.3 Å². The minimum atomic E-state index is -0.463. The van der Waals surface area contributed by atoms with Crippen LogP contribution in [0.3, 0.4) is 0 Å². The summed E-state index contributed by atoms with van der Waals surface area (Å²) in [6.07, 6.45) is 4.28. The van der Waals surface area contributed by atoms with Crippen molar-refractivity contribution in [3.05, 3.63) is 47.6 Å². The molecule has 0 atom stereocenters. The number of nitrogens with one attached hydrogen (secondary N) is 1. The third-order valence-corrected chi connectivity index (χ3v) is 4.05. The Morgan fingerprint density at radius 2 is 2.00 bits per heavy atom. The minimum absolute atomic E-state index is 0.0747. The summed E-state index contributed by atoms with van der Waals surface area (Å²) < 4.78 is 5.19. The van der Waals surface area contributed by atoms with Crippen molar-refractivity contribution in [3.8, 4) is 0 Å². The maximum absolute atomic E-state index is 11.9. The summed E-state index contributed by atoms with van der Waals surface area (Å²) in [6, 6.07) is 9.59. The molecule has 0 unspecified atom stereocenters. The molecule has 0 saturated heterocycles. The Kier molecular flexibility index (Phi) is 4.20. The van der Waals surface area contributed by atoms with Crippen LogP contribution in [0.1, 0.15) is 43.0 Å². The van der Waals surface area contributed by atoms with Crippen LogP contribution in [0.15, 0.2) is 34.9 Å². The first kappa shape index (κ1) is 14.7. The van der Waals surface area contributed by atoms with Crippen LogP contribution < -0.4 is 11.1 Å². The number of carbonyl (C=O) groups excluding carboxylic acids is 1. The molecule has 1 heterocycles. The van der Waals surface area contributed by atoms with Crippen LogP contribution in [0.2, 0.25) is 0 Å². The van der Waals surface area contributed by atoms with Gasteiger partial charge in [0.05, 0.1) is 18.5 Å². The van der Waals surface area contributed by atoms with Crippen molar-refractivity contribution in [2.75, 3.05) is 0 Å². The van der Waals surface area contributed by atoms with E-state index in [1.165, 1.54) is 0 Å². The molecule has 22 heavy (non-hydrogen) atoms. The molecule has 1 aromatic carbocycles. The van der Waals surface area contributed by atoms with Gasteiger partial charge in [-0.15, -0.1) is 0 Å². The van der Waals surface area contributed by atoms with Crippen LogP contribution >= 0.6 is 0 Å². The van der Waals surface area contributed by atoms with Crippen molar-refractivity contribution in [1.29, 1.82) is 0 Å². The summed E-state index contributed by atoms with van der Waals surface area (Å²) in [5.41, 5.74) is 6.79. The number of carbonyl (C=O) groups is 1. The lowest BCUT2D eigenvalue weighted by molar-refractivity contribution is -0.120. The second-order valence-corrected chi connectivity index (χ2v) is 5.81. The lowest BCUT2D eigenvalue weighted by Crippen LogP contribution is -2.34. The number of nitrogens with two attached hydrogens (primary N) is 1. The third-order valence-electron chi connectivity index (χ3n) is 4.05. The van der Waals surface area contributed by atoms with Crippen molar-refractivity contribution < 1.29 is 9.32 Å². The Hall–Kier alpha value is -2.21. The van der Waals surface area contributed by atoms with Crippen molar-refractivity contribution in [3.63, 3.8) is 0 Å². The summed E-state index contributed by atoms with van der Waals surface area (Å²) >= 11 is 0. The zero-order chi connectivity index (χ0) is 15.4. The Bertz CT molecular complexity index is 633. The van der Waals surface area contributed by atoms with Gasteiger partial charge in [-0.3, -0.25) is 4.79 Å². The van der Waals surface area contributed by atoms with Crippen molar-refractivity contribution in [2.24, 2.45) is 5.73 Å². The second kappa shape index (κ2) is 6.27. The fraction of sp³-hybridized carbons (Fsp3) is 0.438. The van der Waals surface area contributed by atoms with Crippen LogP contribution in [0.25, 0.3) is 0 Å². The average molecular weight is 300 g/mol. The number of hydrogen-bond acceptors (Lipinski definition) is 5. The maximum atomic E-state index is 11.9. The predicted octanol–water partition coefficient (Wildman–Crippen LogP) is 1.66. The topological polar surface area (TPSA) is 94.0 Å². The highest BCUT2D eigenvalue weighted by atomic mass is 16.5. The molecule has 0 spiro atoms. The second-order valence-electron chi connectivity index (χ2n) is 5.81. The lowest BCUT2D eigenvalue weighted by Gasteiger charge is -2.17.